The Morgan fingerprint density at radius 1 is 1.04 bits per heavy atom. The van der Waals surface area contributed by atoms with Crippen LogP contribution in [0.15, 0.2) is 0 Å². The molecule has 0 radical (unpaired) electrons. The Bertz CT molecular complexity index is 608. The highest BCUT2D eigenvalue weighted by atomic mass is 16.1. The smallest absolute Gasteiger partial charge is 0.137 e. The van der Waals surface area contributed by atoms with Crippen molar-refractivity contribution in [1.29, 1.82) is 0 Å². The highest BCUT2D eigenvalue weighted by molar-refractivity contribution is 5.87. The summed E-state index contributed by atoms with van der Waals surface area (Å²) in [5.41, 5.74) is -0.0959. The lowest BCUT2D eigenvalue weighted by Crippen LogP contribution is -2.57. The lowest BCUT2D eigenvalue weighted by atomic mass is 9.44. The van der Waals surface area contributed by atoms with Gasteiger partial charge in [-0.3, -0.25) is 14.4 Å². The van der Waals surface area contributed by atoms with Crippen LogP contribution in [0, 0.1) is 40.4 Å². The number of rotatable bonds is 1. The second-order valence-corrected chi connectivity index (χ2v) is 9.66. The lowest BCUT2D eigenvalue weighted by molar-refractivity contribution is -0.161. The van der Waals surface area contributed by atoms with E-state index in [4.69, 9.17) is 0 Å². The molecule has 0 aromatic carbocycles. The summed E-state index contributed by atoms with van der Waals surface area (Å²) in [7, 11) is 0. The van der Waals surface area contributed by atoms with Gasteiger partial charge in [0.2, 0.25) is 0 Å². The minimum Gasteiger partial charge on any atom is -0.300 e. The molecule has 0 saturated heterocycles. The van der Waals surface area contributed by atoms with Gasteiger partial charge in [0, 0.05) is 31.1 Å². The lowest BCUT2D eigenvalue weighted by Gasteiger charge is -2.59. The molecule has 0 heterocycles. The van der Waals surface area contributed by atoms with Crippen LogP contribution in [0.1, 0.15) is 72.1 Å². The van der Waals surface area contributed by atoms with E-state index in [9.17, 15) is 14.4 Å². The molecule has 0 N–H and O–H groups in total. The number of carbonyl (C=O) groups is 3. The quantitative estimate of drug-likeness (QED) is 0.730. The molecule has 132 valence electrons. The van der Waals surface area contributed by atoms with Crippen LogP contribution in [-0.2, 0) is 14.4 Å². The molecule has 4 aliphatic rings. The van der Waals surface area contributed by atoms with E-state index >= 15 is 0 Å². The van der Waals surface area contributed by atoms with Gasteiger partial charge in [-0.05, 0) is 67.6 Å². The summed E-state index contributed by atoms with van der Waals surface area (Å²) in [5.74, 6) is 2.63. The first kappa shape index (κ1) is 16.5. The minimum atomic E-state index is -0.113. The fourth-order valence-electron chi connectivity index (χ4n) is 7.53. The summed E-state index contributed by atoms with van der Waals surface area (Å²) >= 11 is 0. The second-order valence-electron chi connectivity index (χ2n) is 9.66. The standard InChI is InChI=1S/C21H30O3/c1-12(22)16-6-7-17-15-5-4-13-10-14(23)8-9-20(13,2)19(15)18(24)11-21(16,17)3/h13,15-17,19H,4-11H2,1-3H3/t13?,15-,16+,17?,19?,20-,21?/m0/s1. The zero-order valence-electron chi connectivity index (χ0n) is 15.3. The van der Waals surface area contributed by atoms with Crippen LogP contribution in [0.2, 0.25) is 0 Å². The van der Waals surface area contributed by atoms with Gasteiger partial charge in [0.05, 0.1) is 0 Å². The Kier molecular flexibility index (Phi) is 3.61. The molecule has 3 nitrogen and oxygen atoms in total. The van der Waals surface area contributed by atoms with Crippen LogP contribution in [0.4, 0.5) is 0 Å². The first-order valence-corrected chi connectivity index (χ1v) is 9.82. The molecule has 0 bridgehead atoms. The molecule has 4 fully saturated rings. The molecule has 4 aliphatic carbocycles. The molecule has 0 aliphatic heterocycles. The summed E-state index contributed by atoms with van der Waals surface area (Å²) in [5, 5.41) is 0. The Labute approximate surface area is 144 Å². The van der Waals surface area contributed by atoms with E-state index < -0.39 is 0 Å². The number of fused-ring (bicyclic) bond motifs is 5. The monoisotopic (exact) mass is 330 g/mol. The maximum absolute atomic E-state index is 13.3. The molecule has 4 unspecified atom stereocenters. The third-order valence-corrected chi connectivity index (χ3v) is 8.66. The third-order valence-electron chi connectivity index (χ3n) is 8.66. The van der Waals surface area contributed by atoms with Gasteiger partial charge in [0.1, 0.15) is 17.3 Å². The highest BCUT2D eigenvalue weighted by Gasteiger charge is 2.63. The number of Topliss-reactive ketones (excluding diaryl/α,β-unsaturated/α-hetero) is 3. The van der Waals surface area contributed by atoms with Crippen molar-refractivity contribution in [3.8, 4) is 0 Å². The maximum atomic E-state index is 13.3. The molecule has 4 rings (SSSR count). The Hall–Kier alpha value is -0.990. The topological polar surface area (TPSA) is 51.2 Å². The molecule has 3 heteroatoms. The van der Waals surface area contributed by atoms with Crippen LogP contribution in [-0.4, -0.2) is 17.3 Å². The summed E-state index contributed by atoms with van der Waals surface area (Å²) in [6.45, 7) is 6.21. The van der Waals surface area contributed by atoms with E-state index in [0.717, 1.165) is 32.1 Å². The van der Waals surface area contributed by atoms with E-state index in [-0.39, 0.29) is 28.4 Å². The Morgan fingerprint density at radius 2 is 1.79 bits per heavy atom. The number of hydrogen-bond acceptors (Lipinski definition) is 3. The van der Waals surface area contributed by atoms with Crippen molar-refractivity contribution in [2.45, 2.75) is 72.1 Å². The first-order valence-electron chi connectivity index (χ1n) is 9.82. The van der Waals surface area contributed by atoms with Gasteiger partial charge in [-0.2, -0.15) is 0 Å². The zero-order chi connectivity index (χ0) is 17.3. The molecule has 7 atom stereocenters. The Balaban J connectivity index is 1.69. The van der Waals surface area contributed by atoms with Gasteiger partial charge in [0.25, 0.3) is 0 Å². The van der Waals surface area contributed by atoms with Crippen molar-refractivity contribution in [2.75, 3.05) is 0 Å². The predicted octanol–water partition coefficient (Wildman–Crippen LogP) is 3.98. The van der Waals surface area contributed by atoms with Crippen LogP contribution in [0.5, 0.6) is 0 Å². The van der Waals surface area contributed by atoms with E-state index in [1.165, 1.54) is 0 Å². The number of hydrogen-bond donors (Lipinski definition) is 0. The van der Waals surface area contributed by atoms with E-state index in [0.29, 0.717) is 48.6 Å². The fraction of sp³-hybridized carbons (Fsp3) is 0.857. The SMILES string of the molecule is CC(=O)[C@H]1CCC2[C@@H]3CCC4CC(=O)CC[C@]4(C)C3C(=O)CC21C. The summed E-state index contributed by atoms with van der Waals surface area (Å²) in [6.07, 6.45) is 7.05. The molecule has 0 aromatic rings. The molecular weight excluding hydrogens is 300 g/mol. The van der Waals surface area contributed by atoms with Gasteiger partial charge in [-0.1, -0.05) is 13.8 Å². The average Bonchev–Trinajstić information content (AvgIpc) is 2.84. The largest absolute Gasteiger partial charge is 0.300 e. The van der Waals surface area contributed by atoms with Crippen LogP contribution >= 0.6 is 0 Å². The van der Waals surface area contributed by atoms with Crippen molar-refractivity contribution in [2.24, 2.45) is 40.4 Å². The summed E-state index contributed by atoms with van der Waals surface area (Å²) < 4.78 is 0. The normalized spacial score (nSPS) is 50.9. The number of carbonyl (C=O) groups excluding carboxylic acids is 3. The summed E-state index contributed by atoms with van der Waals surface area (Å²) in [4.78, 5) is 37.4. The van der Waals surface area contributed by atoms with E-state index in [1.807, 2.05) is 0 Å². The molecule has 0 spiro atoms. The highest BCUT2D eigenvalue weighted by Crippen LogP contribution is 2.66. The van der Waals surface area contributed by atoms with E-state index in [2.05, 4.69) is 13.8 Å². The second kappa shape index (κ2) is 5.25. The van der Waals surface area contributed by atoms with Crippen LogP contribution in [0.25, 0.3) is 0 Å². The van der Waals surface area contributed by atoms with Gasteiger partial charge in [-0.25, -0.2) is 0 Å². The average molecular weight is 330 g/mol. The third kappa shape index (κ3) is 2.05. The van der Waals surface area contributed by atoms with Crippen LogP contribution < -0.4 is 0 Å². The Morgan fingerprint density at radius 3 is 2.50 bits per heavy atom. The zero-order valence-corrected chi connectivity index (χ0v) is 15.3. The molecule has 0 amide bonds. The molecule has 24 heavy (non-hydrogen) atoms. The van der Waals surface area contributed by atoms with Gasteiger partial charge < -0.3 is 0 Å². The fourth-order valence-corrected chi connectivity index (χ4v) is 7.53. The maximum Gasteiger partial charge on any atom is 0.137 e. The molecular formula is C21H30O3. The van der Waals surface area contributed by atoms with Gasteiger partial charge in [0.15, 0.2) is 0 Å². The number of ketones is 3. The molecule has 0 aromatic heterocycles. The first-order chi connectivity index (χ1) is 11.3. The minimum absolute atomic E-state index is 0.0174. The van der Waals surface area contributed by atoms with Crippen molar-refractivity contribution in [1.82, 2.24) is 0 Å². The predicted molar refractivity (Wildman–Crippen MR) is 91.3 cm³/mol. The van der Waals surface area contributed by atoms with Gasteiger partial charge in [-0.15, -0.1) is 0 Å². The van der Waals surface area contributed by atoms with Crippen molar-refractivity contribution in [3.05, 3.63) is 0 Å². The molecule has 4 saturated carbocycles. The van der Waals surface area contributed by atoms with Crippen molar-refractivity contribution in [3.63, 3.8) is 0 Å². The van der Waals surface area contributed by atoms with Gasteiger partial charge >= 0.3 is 0 Å². The van der Waals surface area contributed by atoms with Crippen molar-refractivity contribution < 1.29 is 14.4 Å². The van der Waals surface area contributed by atoms with E-state index in [1.54, 1.807) is 6.92 Å². The van der Waals surface area contributed by atoms with Crippen LogP contribution in [0.3, 0.4) is 0 Å². The van der Waals surface area contributed by atoms with Crippen molar-refractivity contribution >= 4 is 17.3 Å². The summed E-state index contributed by atoms with van der Waals surface area (Å²) in [6, 6.07) is 0.